The fourth-order valence-corrected chi connectivity index (χ4v) is 2.81. The van der Waals surface area contributed by atoms with Crippen LogP contribution in [0.3, 0.4) is 0 Å². The average Bonchev–Trinajstić information content (AvgIpc) is 2.78. The van der Waals surface area contributed by atoms with Crippen molar-refractivity contribution in [2.75, 3.05) is 19.6 Å². The maximum atomic E-state index is 3.70. The van der Waals surface area contributed by atoms with E-state index >= 15 is 0 Å². The molecule has 3 heteroatoms. The number of piperazine rings is 1. The molecule has 74 valence electrons. The van der Waals surface area contributed by atoms with Gasteiger partial charge in [0.25, 0.3) is 0 Å². The molecule has 0 aromatic heterocycles. The third-order valence-electron chi connectivity index (χ3n) is 3.77. The Labute approximate surface area is 80.1 Å². The van der Waals surface area contributed by atoms with Crippen molar-refractivity contribution in [2.45, 2.75) is 44.6 Å². The standard InChI is InChI=1S/C10H19N3/c1-7(2)12-3-4-13-9-5-8(9)11-10(13)6-12/h7-11H,3-6H2,1-2H3. The van der Waals surface area contributed by atoms with Gasteiger partial charge in [-0.15, -0.1) is 0 Å². The summed E-state index contributed by atoms with van der Waals surface area (Å²) in [5, 5.41) is 3.70. The van der Waals surface area contributed by atoms with Gasteiger partial charge in [0.2, 0.25) is 0 Å². The Kier molecular flexibility index (Phi) is 1.70. The molecule has 0 spiro atoms. The van der Waals surface area contributed by atoms with Crippen molar-refractivity contribution in [1.29, 1.82) is 0 Å². The summed E-state index contributed by atoms with van der Waals surface area (Å²) >= 11 is 0. The molecule has 3 aliphatic rings. The highest BCUT2D eigenvalue weighted by Gasteiger charge is 2.52. The van der Waals surface area contributed by atoms with Gasteiger partial charge in [-0.2, -0.15) is 0 Å². The molecular weight excluding hydrogens is 162 g/mol. The highest BCUT2D eigenvalue weighted by Crippen LogP contribution is 2.37. The van der Waals surface area contributed by atoms with Crippen LogP contribution in [0.1, 0.15) is 20.3 Å². The average molecular weight is 181 g/mol. The molecule has 1 N–H and O–H groups in total. The lowest BCUT2D eigenvalue weighted by Crippen LogP contribution is -2.57. The molecule has 0 amide bonds. The first kappa shape index (κ1) is 8.21. The Bertz CT molecular complexity index is 216. The SMILES string of the molecule is CC(C)N1CCN2C(C1)NC1CC12. The number of hydrogen-bond donors (Lipinski definition) is 1. The van der Waals surface area contributed by atoms with Crippen LogP contribution in [-0.4, -0.2) is 53.7 Å². The second kappa shape index (κ2) is 2.69. The van der Waals surface area contributed by atoms with Crippen LogP contribution in [0.5, 0.6) is 0 Å². The van der Waals surface area contributed by atoms with Crippen LogP contribution in [0.2, 0.25) is 0 Å². The molecule has 0 bridgehead atoms. The minimum Gasteiger partial charge on any atom is -0.297 e. The third kappa shape index (κ3) is 1.22. The lowest BCUT2D eigenvalue weighted by atomic mass is 10.2. The van der Waals surface area contributed by atoms with E-state index in [4.69, 9.17) is 0 Å². The summed E-state index contributed by atoms with van der Waals surface area (Å²) in [5.74, 6) is 0. The van der Waals surface area contributed by atoms with Crippen LogP contribution in [-0.2, 0) is 0 Å². The molecule has 0 radical (unpaired) electrons. The predicted molar refractivity (Wildman–Crippen MR) is 52.5 cm³/mol. The molecular formula is C10H19N3. The summed E-state index contributed by atoms with van der Waals surface area (Å²) in [7, 11) is 0. The van der Waals surface area contributed by atoms with E-state index in [1.165, 1.54) is 26.1 Å². The minimum absolute atomic E-state index is 0.667. The summed E-state index contributed by atoms with van der Waals surface area (Å²) in [5.41, 5.74) is 0. The first-order chi connectivity index (χ1) is 6.25. The largest absolute Gasteiger partial charge is 0.297 e. The maximum Gasteiger partial charge on any atom is 0.0734 e. The normalized spacial score (nSPS) is 45.0. The van der Waals surface area contributed by atoms with Crippen molar-refractivity contribution in [3.8, 4) is 0 Å². The Balaban J connectivity index is 1.67. The van der Waals surface area contributed by atoms with Gasteiger partial charge in [0, 0.05) is 37.8 Å². The first-order valence-corrected chi connectivity index (χ1v) is 5.51. The summed E-state index contributed by atoms with van der Waals surface area (Å²) < 4.78 is 0. The van der Waals surface area contributed by atoms with Crippen LogP contribution in [0.25, 0.3) is 0 Å². The molecule has 3 atom stereocenters. The smallest absolute Gasteiger partial charge is 0.0734 e. The first-order valence-electron chi connectivity index (χ1n) is 5.51. The topological polar surface area (TPSA) is 18.5 Å². The Hall–Kier alpha value is -0.120. The minimum atomic E-state index is 0.667. The second-order valence-electron chi connectivity index (χ2n) is 4.92. The van der Waals surface area contributed by atoms with Gasteiger partial charge in [0.05, 0.1) is 6.17 Å². The van der Waals surface area contributed by atoms with Crippen molar-refractivity contribution in [1.82, 2.24) is 15.1 Å². The Morgan fingerprint density at radius 2 is 2.15 bits per heavy atom. The van der Waals surface area contributed by atoms with Gasteiger partial charge in [-0.25, -0.2) is 0 Å². The van der Waals surface area contributed by atoms with Crippen molar-refractivity contribution in [2.24, 2.45) is 0 Å². The highest BCUT2D eigenvalue weighted by molar-refractivity contribution is 5.11. The van der Waals surface area contributed by atoms with Gasteiger partial charge >= 0.3 is 0 Å². The van der Waals surface area contributed by atoms with E-state index < -0.39 is 0 Å². The van der Waals surface area contributed by atoms with E-state index in [1.807, 2.05) is 0 Å². The number of rotatable bonds is 1. The molecule has 3 unspecified atom stereocenters. The van der Waals surface area contributed by atoms with E-state index in [0.717, 1.165) is 12.1 Å². The fraction of sp³-hybridized carbons (Fsp3) is 1.00. The molecule has 3 fully saturated rings. The third-order valence-corrected chi connectivity index (χ3v) is 3.77. The van der Waals surface area contributed by atoms with Gasteiger partial charge in [0.1, 0.15) is 0 Å². The van der Waals surface area contributed by atoms with Crippen LogP contribution < -0.4 is 5.32 Å². The highest BCUT2D eigenvalue weighted by atomic mass is 15.5. The molecule has 0 aromatic carbocycles. The molecule has 3 nitrogen and oxygen atoms in total. The number of nitrogens with one attached hydrogen (secondary N) is 1. The lowest BCUT2D eigenvalue weighted by Gasteiger charge is -2.40. The summed E-state index contributed by atoms with van der Waals surface area (Å²) in [6, 6.07) is 2.46. The van der Waals surface area contributed by atoms with Crippen molar-refractivity contribution in [3.63, 3.8) is 0 Å². The molecule has 2 saturated heterocycles. The Morgan fingerprint density at radius 1 is 1.31 bits per heavy atom. The van der Waals surface area contributed by atoms with E-state index in [-0.39, 0.29) is 0 Å². The van der Waals surface area contributed by atoms with Crippen molar-refractivity contribution >= 4 is 0 Å². The predicted octanol–water partition coefficient (Wildman–Crippen LogP) is 0.0826. The van der Waals surface area contributed by atoms with Crippen LogP contribution in [0, 0.1) is 0 Å². The van der Waals surface area contributed by atoms with E-state index in [2.05, 4.69) is 29.0 Å². The molecule has 2 aliphatic heterocycles. The number of nitrogens with zero attached hydrogens (tertiary/aromatic N) is 2. The van der Waals surface area contributed by atoms with Crippen molar-refractivity contribution in [3.05, 3.63) is 0 Å². The molecule has 0 aromatic rings. The zero-order valence-electron chi connectivity index (χ0n) is 8.53. The van der Waals surface area contributed by atoms with Gasteiger partial charge in [0.15, 0.2) is 0 Å². The van der Waals surface area contributed by atoms with Crippen LogP contribution >= 0.6 is 0 Å². The molecule has 3 rings (SSSR count). The van der Waals surface area contributed by atoms with Gasteiger partial charge in [-0.05, 0) is 20.3 Å². The summed E-state index contributed by atoms with van der Waals surface area (Å²) in [4.78, 5) is 5.25. The molecule has 2 heterocycles. The second-order valence-corrected chi connectivity index (χ2v) is 4.92. The van der Waals surface area contributed by atoms with Gasteiger partial charge < -0.3 is 0 Å². The lowest BCUT2D eigenvalue weighted by molar-refractivity contribution is 0.0585. The fourth-order valence-electron chi connectivity index (χ4n) is 2.81. The van der Waals surface area contributed by atoms with Crippen molar-refractivity contribution < 1.29 is 0 Å². The van der Waals surface area contributed by atoms with Crippen LogP contribution in [0.4, 0.5) is 0 Å². The molecule has 1 aliphatic carbocycles. The van der Waals surface area contributed by atoms with E-state index in [0.29, 0.717) is 12.2 Å². The monoisotopic (exact) mass is 181 g/mol. The zero-order valence-corrected chi connectivity index (χ0v) is 8.53. The van der Waals surface area contributed by atoms with E-state index in [9.17, 15) is 0 Å². The summed E-state index contributed by atoms with van der Waals surface area (Å²) in [6.07, 6.45) is 2.07. The quantitative estimate of drug-likeness (QED) is 0.618. The number of hydrogen-bond acceptors (Lipinski definition) is 3. The van der Waals surface area contributed by atoms with Crippen LogP contribution in [0.15, 0.2) is 0 Å². The maximum absolute atomic E-state index is 3.70. The van der Waals surface area contributed by atoms with Gasteiger partial charge in [-0.3, -0.25) is 15.1 Å². The molecule has 1 saturated carbocycles. The zero-order chi connectivity index (χ0) is 9.00. The number of fused-ring (bicyclic) bond motifs is 3. The molecule has 13 heavy (non-hydrogen) atoms. The van der Waals surface area contributed by atoms with Gasteiger partial charge in [-0.1, -0.05) is 0 Å². The Morgan fingerprint density at radius 3 is 2.92 bits per heavy atom. The summed E-state index contributed by atoms with van der Waals surface area (Å²) in [6.45, 7) is 8.36. The van der Waals surface area contributed by atoms with E-state index in [1.54, 1.807) is 0 Å².